The molecule has 4 rings (SSSR count). The molecule has 198 valence electrons. The Kier molecular flexibility index (Phi) is 8.55. The van der Waals surface area contributed by atoms with Crippen molar-refractivity contribution in [1.29, 1.82) is 0 Å². The number of methoxy groups -OCH3 is 2. The van der Waals surface area contributed by atoms with Gasteiger partial charge in [0.1, 0.15) is 5.75 Å². The topological polar surface area (TPSA) is 118 Å². The van der Waals surface area contributed by atoms with Crippen LogP contribution in [0.5, 0.6) is 17.2 Å². The van der Waals surface area contributed by atoms with Crippen molar-refractivity contribution < 1.29 is 28.6 Å². The lowest BCUT2D eigenvalue weighted by Gasteiger charge is -2.18. The van der Waals surface area contributed by atoms with Gasteiger partial charge in [0.15, 0.2) is 18.1 Å². The molecule has 1 aliphatic heterocycles. The fraction of sp³-hybridized carbons (Fsp3) is 0.222. The van der Waals surface area contributed by atoms with Crippen LogP contribution in [0, 0.1) is 5.92 Å². The highest BCUT2D eigenvalue weighted by atomic mass is 35.5. The van der Waals surface area contributed by atoms with Crippen molar-refractivity contribution in [2.24, 2.45) is 5.92 Å². The number of hydrogen-bond acceptors (Lipinski definition) is 7. The lowest BCUT2D eigenvalue weighted by Crippen LogP contribution is -2.36. The van der Waals surface area contributed by atoms with Gasteiger partial charge in [-0.25, -0.2) is 0 Å². The zero-order valence-corrected chi connectivity index (χ0v) is 21.6. The first-order valence-corrected chi connectivity index (χ1v) is 12.1. The lowest BCUT2D eigenvalue weighted by molar-refractivity contribution is -0.125. The number of halogens is 1. The molecule has 1 aliphatic rings. The Morgan fingerprint density at radius 1 is 1.00 bits per heavy atom. The average molecular weight is 539 g/mol. The molecule has 0 aliphatic carbocycles. The molecule has 0 saturated carbocycles. The summed E-state index contributed by atoms with van der Waals surface area (Å²) in [5.41, 5.74) is 7.12. The minimum atomic E-state index is -0.559. The van der Waals surface area contributed by atoms with E-state index < -0.39 is 5.92 Å². The molecule has 0 bridgehead atoms. The summed E-state index contributed by atoms with van der Waals surface area (Å²) in [4.78, 5) is 39.4. The molecule has 10 nitrogen and oxygen atoms in total. The third-order valence-electron chi connectivity index (χ3n) is 5.87. The SMILES string of the molecule is COc1ccc(NC(=O)COc2c(NNC(=O)[C@@H]3CC(=O)N(c4ccc(Cl)cc4)C3)cccc2OC)cc1. The number of amides is 3. The number of nitrogens with zero attached hydrogens (tertiary/aromatic N) is 1. The monoisotopic (exact) mass is 538 g/mol. The third-order valence-corrected chi connectivity index (χ3v) is 6.13. The summed E-state index contributed by atoms with van der Waals surface area (Å²) in [5.74, 6) is -0.178. The Hall–Kier alpha value is -4.44. The Morgan fingerprint density at radius 3 is 2.42 bits per heavy atom. The van der Waals surface area contributed by atoms with Crippen molar-refractivity contribution in [1.82, 2.24) is 5.43 Å². The number of rotatable bonds is 10. The number of hydrogen-bond donors (Lipinski definition) is 3. The van der Waals surface area contributed by atoms with Gasteiger partial charge >= 0.3 is 0 Å². The number of para-hydroxylation sites is 1. The van der Waals surface area contributed by atoms with Gasteiger partial charge in [-0.1, -0.05) is 17.7 Å². The van der Waals surface area contributed by atoms with Crippen LogP contribution in [0.15, 0.2) is 66.7 Å². The van der Waals surface area contributed by atoms with Crippen LogP contribution in [-0.4, -0.2) is 45.1 Å². The summed E-state index contributed by atoms with van der Waals surface area (Å²) >= 11 is 5.93. The first-order chi connectivity index (χ1) is 18.4. The molecule has 1 saturated heterocycles. The van der Waals surface area contributed by atoms with Crippen LogP contribution < -0.4 is 35.3 Å². The summed E-state index contributed by atoms with van der Waals surface area (Å²) in [6, 6.07) is 18.8. The van der Waals surface area contributed by atoms with Crippen LogP contribution in [0.4, 0.5) is 17.1 Å². The summed E-state index contributed by atoms with van der Waals surface area (Å²) in [5, 5.41) is 3.30. The summed E-state index contributed by atoms with van der Waals surface area (Å²) < 4.78 is 16.2. The minimum absolute atomic E-state index is 0.0726. The van der Waals surface area contributed by atoms with E-state index in [-0.39, 0.29) is 43.0 Å². The summed E-state index contributed by atoms with van der Waals surface area (Å²) in [7, 11) is 3.03. The zero-order chi connectivity index (χ0) is 27.1. The molecule has 3 aromatic carbocycles. The van der Waals surface area contributed by atoms with E-state index in [1.807, 2.05) is 0 Å². The molecule has 38 heavy (non-hydrogen) atoms. The van der Waals surface area contributed by atoms with Gasteiger partial charge in [-0.3, -0.25) is 25.2 Å². The van der Waals surface area contributed by atoms with E-state index in [2.05, 4.69) is 16.2 Å². The molecule has 3 amide bonds. The van der Waals surface area contributed by atoms with E-state index in [1.54, 1.807) is 78.7 Å². The van der Waals surface area contributed by atoms with Gasteiger partial charge in [0, 0.05) is 29.4 Å². The molecular formula is C27H27ClN4O6. The normalized spacial score (nSPS) is 14.6. The predicted molar refractivity (Wildman–Crippen MR) is 144 cm³/mol. The second kappa shape index (κ2) is 12.2. The number of anilines is 3. The molecule has 11 heteroatoms. The molecule has 3 aromatic rings. The molecular weight excluding hydrogens is 512 g/mol. The van der Waals surface area contributed by atoms with E-state index in [0.717, 1.165) is 0 Å². The van der Waals surface area contributed by atoms with Crippen LogP contribution in [0.25, 0.3) is 0 Å². The Balaban J connectivity index is 1.36. The van der Waals surface area contributed by atoms with Crippen molar-refractivity contribution in [3.63, 3.8) is 0 Å². The Morgan fingerprint density at radius 2 is 1.74 bits per heavy atom. The highest BCUT2D eigenvalue weighted by molar-refractivity contribution is 6.30. The maximum absolute atomic E-state index is 12.9. The van der Waals surface area contributed by atoms with Crippen molar-refractivity contribution in [3.05, 3.63) is 71.8 Å². The number of nitrogens with one attached hydrogen (secondary N) is 3. The van der Waals surface area contributed by atoms with E-state index >= 15 is 0 Å². The van der Waals surface area contributed by atoms with Gasteiger partial charge < -0.3 is 24.4 Å². The van der Waals surface area contributed by atoms with Crippen molar-refractivity contribution in [2.75, 3.05) is 43.0 Å². The van der Waals surface area contributed by atoms with Crippen LogP contribution in [0.1, 0.15) is 6.42 Å². The number of benzene rings is 3. The molecule has 1 atom stereocenters. The lowest BCUT2D eigenvalue weighted by atomic mass is 10.1. The summed E-state index contributed by atoms with van der Waals surface area (Å²) in [6.45, 7) is -0.0663. The Bertz CT molecular complexity index is 1300. The largest absolute Gasteiger partial charge is 0.497 e. The second-order valence-corrected chi connectivity index (χ2v) is 8.83. The average Bonchev–Trinajstić information content (AvgIpc) is 3.33. The zero-order valence-electron chi connectivity index (χ0n) is 20.8. The molecule has 0 radical (unpaired) electrons. The van der Waals surface area contributed by atoms with Crippen LogP contribution in [-0.2, 0) is 14.4 Å². The second-order valence-electron chi connectivity index (χ2n) is 8.40. The van der Waals surface area contributed by atoms with Gasteiger partial charge in [-0.2, -0.15) is 0 Å². The number of hydrazine groups is 1. The first kappa shape index (κ1) is 26.6. The van der Waals surface area contributed by atoms with Crippen LogP contribution >= 0.6 is 11.6 Å². The Labute approximate surface area is 224 Å². The molecule has 3 N–H and O–H groups in total. The maximum Gasteiger partial charge on any atom is 0.262 e. The van der Waals surface area contributed by atoms with E-state index in [9.17, 15) is 14.4 Å². The molecule has 0 spiro atoms. The van der Waals surface area contributed by atoms with Crippen LogP contribution in [0.3, 0.4) is 0 Å². The minimum Gasteiger partial charge on any atom is -0.497 e. The summed E-state index contributed by atoms with van der Waals surface area (Å²) in [6.07, 6.45) is 0.0726. The van der Waals surface area contributed by atoms with Crippen molar-refractivity contribution in [3.8, 4) is 17.2 Å². The maximum atomic E-state index is 12.9. The van der Waals surface area contributed by atoms with Gasteiger partial charge in [-0.05, 0) is 60.7 Å². The van der Waals surface area contributed by atoms with Gasteiger partial charge in [0.05, 0.1) is 25.8 Å². The van der Waals surface area contributed by atoms with Crippen LogP contribution in [0.2, 0.25) is 5.02 Å². The van der Waals surface area contributed by atoms with Gasteiger partial charge in [-0.15, -0.1) is 0 Å². The first-order valence-electron chi connectivity index (χ1n) is 11.7. The number of carbonyl (C=O) groups is 3. The van der Waals surface area contributed by atoms with E-state index in [0.29, 0.717) is 33.6 Å². The highest BCUT2D eigenvalue weighted by Gasteiger charge is 2.35. The van der Waals surface area contributed by atoms with E-state index in [4.69, 9.17) is 25.8 Å². The fourth-order valence-electron chi connectivity index (χ4n) is 3.92. The molecule has 0 aromatic heterocycles. The number of ether oxygens (including phenoxy) is 3. The smallest absolute Gasteiger partial charge is 0.262 e. The van der Waals surface area contributed by atoms with E-state index in [1.165, 1.54) is 7.11 Å². The predicted octanol–water partition coefficient (Wildman–Crippen LogP) is 3.87. The number of carbonyl (C=O) groups excluding carboxylic acids is 3. The molecule has 1 heterocycles. The van der Waals surface area contributed by atoms with Gasteiger partial charge in [0.2, 0.25) is 11.8 Å². The van der Waals surface area contributed by atoms with Crippen molar-refractivity contribution in [2.45, 2.75) is 6.42 Å². The molecule has 1 fully saturated rings. The highest BCUT2D eigenvalue weighted by Crippen LogP contribution is 2.35. The van der Waals surface area contributed by atoms with Gasteiger partial charge in [0.25, 0.3) is 5.91 Å². The standard InChI is InChI=1S/C27H27ClN4O6/c1-36-21-12-8-19(9-13-21)29-24(33)16-38-26-22(4-3-5-23(26)37-2)30-31-27(35)17-14-25(34)32(15-17)20-10-6-18(28)7-11-20/h3-13,17,30H,14-16H2,1-2H3,(H,29,33)(H,31,35)/t17-/m1/s1. The molecule has 0 unspecified atom stereocenters. The quantitative estimate of drug-likeness (QED) is 0.335. The third kappa shape index (κ3) is 6.46. The fourth-order valence-corrected chi connectivity index (χ4v) is 4.04. The van der Waals surface area contributed by atoms with Crippen molar-refractivity contribution >= 4 is 46.4 Å².